The van der Waals surface area contributed by atoms with Crippen molar-refractivity contribution in [2.45, 2.75) is 0 Å². The van der Waals surface area contributed by atoms with E-state index >= 15 is 0 Å². The van der Waals surface area contributed by atoms with Crippen molar-refractivity contribution in [2.75, 3.05) is 12.4 Å². The fourth-order valence-corrected chi connectivity index (χ4v) is 1.89. The average molecular weight is 281 g/mol. The van der Waals surface area contributed by atoms with Crippen molar-refractivity contribution in [3.8, 4) is 5.75 Å². The molecule has 0 aliphatic heterocycles. The molecule has 0 aliphatic carbocycles. The van der Waals surface area contributed by atoms with Crippen LogP contribution in [0.2, 0.25) is 10.0 Å². The molecule has 3 nitrogen and oxygen atoms in total. The van der Waals surface area contributed by atoms with Gasteiger partial charge in [-0.25, -0.2) is 8.42 Å². The van der Waals surface area contributed by atoms with E-state index in [1.54, 1.807) is 12.1 Å². The summed E-state index contributed by atoms with van der Waals surface area (Å²) in [6, 6.07) is 4.73. The van der Waals surface area contributed by atoms with Gasteiger partial charge in [0.1, 0.15) is 12.4 Å². The van der Waals surface area contributed by atoms with Gasteiger partial charge in [0.05, 0.1) is 10.8 Å². The summed E-state index contributed by atoms with van der Waals surface area (Å²) in [6.07, 6.45) is 0. The Morgan fingerprint density at radius 1 is 1.38 bits per heavy atom. The molecule has 0 N–H and O–H groups in total. The van der Waals surface area contributed by atoms with Crippen LogP contribution in [0.5, 0.6) is 5.75 Å². The maximum Gasteiger partial charge on any atom is 0.174 e. The molecule has 6 heteroatoms. The normalized spacial score (nSPS) is 11.1. The van der Waals surface area contributed by atoms with E-state index in [9.17, 15) is 8.42 Å². The van der Waals surface area contributed by atoms with E-state index in [1.165, 1.54) is 6.07 Å². The first kappa shape index (κ1) is 13.4. The number of hydrogen-bond acceptors (Lipinski definition) is 3. The summed E-state index contributed by atoms with van der Waals surface area (Å²) in [6.45, 7) is 3.22. The maximum absolute atomic E-state index is 11.1. The van der Waals surface area contributed by atoms with E-state index in [2.05, 4.69) is 6.58 Å². The molecular formula is C10H10Cl2O3S. The first-order chi connectivity index (χ1) is 7.44. The molecular weight excluding hydrogens is 271 g/mol. The van der Waals surface area contributed by atoms with E-state index in [4.69, 9.17) is 27.9 Å². The molecule has 0 radical (unpaired) electrons. The van der Waals surface area contributed by atoms with Crippen LogP contribution in [0.4, 0.5) is 0 Å². The van der Waals surface area contributed by atoms with Crippen molar-refractivity contribution in [3.05, 3.63) is 40.2 Å². The summed E-state index contributed by atoms with van der Waals surface area (Å²) in [7, 11) is -3.24. The van der Waals surface area contributed by atoms with Gasteiger partial charge in [0.15, 0.2) is 9.84 Å². The van der Waals surface area contributed by atoms with Gasteiger partial charge in [-0.3, -0.25) is 0 Å². The van der Waals surface area contributed by atoms with E-state index in [0.29, 0.717) is 15.8 Å². The fraction of sp³-hybridized carbons (Fsp3) is 0.200. The van der Waals surface area contributed by atoms with Crippen LogP contribution in [0.15, 0.2) is 30.2 Å². The molecule has 0 saturated heterocycles. The third-order valence-electron chi connectivity index (χ3n) is 1.77. The molecule has 0 saturated carbocycles. The molecule has 0 amide bonds. The quantitative estimate of drug-likeness (QED) is 0.833. The third kappa shape index (κ3) is 4.04. The number of rotatable bonds is 5. The summed E-state index contributed by atoms with van der Waals surface area (Å²) in [5.74, 6) is 0.278. The van der Waals surface area contributed by atoms with Crippen LogP contribution >= 0.6 is 23.2 Å². The molecule has 0 atom stereocenters. The van der Waals surface area contributed by atoms with Crippen molar-refractivity contribution < 1.29 is 13.2 Å². The zero-order valence-corrected chi connectivity index (χ0v) is 10.6. The third-order valence-corrected chi connectivity index (χ3v) is 3.55. The summed E-state index contributed by atoms with van der Waals surface area (Å²) in [5.41, 5.74) is 0. The van der Waals surface area contributed by atoms with Crippen LogP contribution in [0, 0.1) is 0 Å². The highest BCUT2D eigenvalue weighted by Gasteiger charge is 2.07. The predicted molar refractivity (Wildman–Crippen MR) is 65.9 cm³/mol. The van der Waals surface area contributed by atoms with Gasteiger partial charge in [0.2, 0.25) is 0 Å². The first-order valence-corrected chi connectivity index (χ1v) is 6.85. The SMILES string of the molecule is C=CS(=O)(=O)CCOc1ccc(Cl)cc1Cl. The highest BCUT2D eigenvalue weighted by Crippen LogP contribution is 2.27. The summed E-state index contributed by atoms with van der Waals surface area (Å²) in [5, 5.41) is 1.75. The fourth-order valence-electron chi connectivity index (χ4n) is 0.943. The Hall–Kier alpha value is -0.710. The molecule has 1 aromatic rings. The Morgan fingerprint density at radius 2 is 2.06 bits per heavy atom. The van der Waals surface area contributed by atoms with Crippen LogP contribution in [-0.2, 0) is 9.84 Å². The van der Waals surface area contributed by atoms with Gasteiger partial charge in [0.25, 0.3) is 0 Å². The molecule has 1 aromatic carbocycles. The smallest absolute Gasteiger partial charge is 0.174 e. The van der Waals surface area contributed by atoms with Gasteiger partial charge in [-0.05, 0) is 18.2 Å². The molecule has 88 valence electrons. The summed E-state index contributed by atoms with van der Waals surface area (Å²) >= 11 is 11.5. The van der Waals surface area contributed by atoms with Gasteiger partial charge in [-0.15, -0.1) is 0 Å². The number of sulfone groups is 1. The topological polar surface area (TPSA) is 43.4 Å². The highest BCUT2D eigenvalue weighted by atomic mass is 35.5. The standard InChI is InChI=1S/C10H10Cl2O3S/c1-2-16(13,14)6-5-15-10-4-3-8(11)7-9(10)12/h2-4,7H,1,5-6H2. The lowest BCUT2D eigenvalue weighted by Gasteiger charge is -2.07. The maximum atomic E-state index is 11.1. The molecule has 0 heterocycles. The second kappa shape index (κ2) is 5.57. The van der Waals surface area contributed by atoms with Gasteiger partial charge < -0.3 is 4.74 Å². The minimum atomic E-state index is -3.24. The predicted octanol–water partition coefficient (Wildman–Crippen LogP) is 2.93. The lowest BCUT2D eigenvalue weighted by atomic mass is 10.3. The van der Waals surface area contributed by atoms with E-state index in [-0.39, 0.29) is 12.4 Å². The summed E-state index contributed by atoms with van der Waals surface area (Å²) in [4.78, 5) is 0. The van der Waals surface area contributed by atoms with Crippen molar-refractivity contribution in [1.29, 1.82) is 0 Å². The lowest BCUT2D eigenvalue weighted by Crippen LogP contribution is -2.11. The average Bonchev–Trinajstić information content (AvgIpc) is 2.21. The van der Waals surface area contributed by atoms with E-state index in [0.717, 1.165) is 5.41 Å². The second-order valence-electron chi connectivity index (χ2n) is 2.96. The molecule has 0 aromatic heterocycles. The van der Waals surface area contributed by atoms with Gasteiger partial charge in [-0.1, -0.05) is 29.8 Å². The molecule has 0 unspecified atom stereocenters. The zero-order valence-electron chi connectivity index (χ0n) is 8.32. The summed E-state index contributed by atoms with van der Waals surface area (Å²) < 4.78 is 27.4. The monoisotopic (exact) mass is 280 g/mol. The Bertz CT molecular complexity index is 483. The molecule has 0 bridgehead atoms. The van der Waals surface area contributed by atoms with Crippen molar-refractivity contribution in [1.82, 2.24) is 0 Å². The van der Waals surface area contributed by atoms with E-state index in [1.807, 2.05) is 0 Å². The number of halogens is 2. The van der Waals surface area contributed by atoms with Gasteiger partial charge >= 0.3 is 0 Å². The first-order valence-electron chi connectivity index (χ1n) is 4.37. The Balaban J connectivity index is 2.59. The zero-order chi connectivity index (χ0) is 12.2. The number of hydrogen-bond donors (Lipinski definition) is 0. The van der Waals surface area contributed by atoms with Crippen molar-refractivity contribution in [3.63, 3.8) is 0 Å². The van der Waals surface area contributed by atoms with Crippen LogP contribution < -0.4 is 4.74 Å². The van der Waals surface area contributed by atoms with Crippen LogP contribution in [0.1, 0.15) is 0 Å². The number of ether oxygens (including phenoxy) is 1. The van der Waals surface area contributed by atoms with Crippen LogP contribution in [-0.4, -0.2) is 20.8 Å². The molecule has 1 rings (SSSR count). The Morgan fingerprint density at radius 3 is 2.62 bits per heavy atom. The van der Waals surface area contributed by atoms with E-state index < -0.39 is 9.84 Å². The molecule has 0 aliphatic rings. The van der Waals surface area contributed by atoms with Crippen LogP contribution in [0.25, 0.3) is 0 Å². The number of benzene rings is 1. The van der Waals surface area contributed by atoms with Crippen molar-refractivity contribution >= 4 is 33.0 Å². The molecule has 0 fully saturated rings. The minimum absolute atomic E-state index is 0.0235. The minimum Gasteiger partial charge on any atom is -0.491 e. The van der Waals surface area contributed by atoms with Gasteiger partial charge in [-0.2, -0.15) is 0 Å². The van der Waals surface area contributed by atoms with Crippen LogP contribution in [0.3, 0.4) is 0 Å². The molecule has 0 spiro atoms. The van der Waals surface area contributed by atoms with Gasteiger partial charge in [0, 0.05) is 10.4 Å². The largest absolute Gasteiger partial charge is 0.491 e. The lowest BCUT2D eigenvalue weighted by molar-refractivity contribution is 0.341. The molecule has 16 heavy (non-hydrogen) atoms. The van der Waals surface area contributed by atoms with Crippen molar-refractivity contribution in [2.24, 2.45) is 0 Å². The second-order valence-corrected chi connectivity index (χ2v) is 5.87. The Kier molecular flexibility index (Phi) is 4.65. The highest BCUT2D eigenvalue weighted by molar-refractivity contribution is 7.94. The Labute approximate surface area is 105 Å².